The maximum absolute atomic E-state index is 3.61. The van der Waals surface area contributed by atoms with Crippen molar-refractivity contribution in [2.45, 2.75) is 32.1 Å². The van der Waals surface area contributed by atoms with Crippen molar-refractivity contribution in [3.8, 4) is 0 Å². The van der Waals surface area contributed by atoms with Crippen LogP contribution in [-0.4, -0.2) is 0 Å². The molecule has 1 aromatic carbocycles. The summed E-state index contributed by atoms with van der Waals surface area (Å²) in [4.78, 5) is 0. The molecule has 72 valence electrons. The van der Waals surface area contributed by atoms with Crippen LogP contribution in [0.15, 0.2) is 16.6 Å². The topological polar surface area (TPSA) is 0 Å². The minimum atomic E-state index is 1.12. The van der Waals surface area contributed by atoms with Crippen LogP contribution in [-0.2, 0) is 19.3 Å². The first-order valence-electron chi connectivity index (χ1n) is 5.34. The van der Waals surface area contributed by atoms with E-state index in [0.717, 1.165) is 6.42 Å². The summed E-state index contributed by atoms with van der Waals surface area (Å²) in [7, 11) is 0. The van der Waals surface area contributed by atoms with E-state index in [4.69, 9.17) is 0 Å². The van der Waals surface area contributed by atoms with Crippen LogP contribution >= 0.6 is 15.9 Å². The molecule has 0 amide bonds. The molecule has 0 unspecified atom stereocenters. The van der Waals surface area contributed by atoms with E-state index in [1.165, 1.54) is 35.7 Å². The predicted octanol–water partition coefficient (Wildman–Crippen LogP) is 3.86. The summed E-state index contributed by atoms with van der Waals surface area (Å²) in [5.74, 6) is 0. The maximum Gasteiger partial charge on any atom is 0.00496 e. The molecule has 0 saturated heterocycles. The average Bonchev–Trinajstić information content (AvgIpc) is 2.59. The summed E-state index contributed by atoms with van der Waals surface area (Å²) in [5, 5.41) is 0. The molecule has 1 heteroatoms. The fourth-order valence-corrected chi connectivity index (χ4v) is 3.18. The molecule has 1 aromatic rings. The Morgan fingerprint density at radius 2 is 1.86 bits per heavy atom. The van der Waals surface area contributed by atoms with Crippen LogP contribution < -0.4 is 0 Å². The molecule has 14 heavy (non-hydrogen) atoms. The number of hydrogen-bond donors (Lipinski definition) is 0. The molecule has 0 spiro atoms. The second-order valence-electron chi connectivity index (χ2n) is 4.25. The molecular formula is C13H13Br. The van der Waals surface area contributed by atoms with E-state index >= 15 is 0 Å². The quantitative estimate of drug-likeness (QED) is 0.655. The number of halogens is 1. The Morgan fingerprint density at radius 3 is 2.79 bits per heavy atom. The number of allylic oxidation sites excluding steroid dienone is 1. The number of fused-ring (bicyclic) bond motifs is 3. The van der Waals surface area contributed by atoms with Crippen LogP contribution in [0.3, 0.4) is 0 Å². The van der Waals surface area contributed by atoms with Crippen molar-refractivity contribution in [1.29, 1.82) is 0 Å². The Labute approximate surface area is 93.2 Å². The largest absolute Gasteiger partial charge is 0.0582 e. The molecule has 2 aliphatic rings. The summed E-state index contributed by atoms with van der Waals surface area (Å²) in [6, 6.07) is 4.61. The highest BCUT2D eigenvalue weighted by atomic mass is 79.9. The fourth-order valence-electron chi connectivity index (χ4n) is 2.66. The van der Waals surface area contributed by atoms with Gasteiger partial charge in [0.25, 0.3) is 0 Å². The lowest BCUT2D eigenvalue weighted by molar-refractivity contribution is 0.680. The second-order valence-corrected chi connectivity index (χ2v) is 5.26. The van der Waals surface area contributed by atoms with Crippen LogP contribution in [0.4, 0.5) is 0 Å². The summed E-state index contributed by atoms with van der Waals surface area (Å²) in [6.07, 6.45) is 8.73. The Hall–Kier alpha value is -0.560. The zero-order valence-corrected chi connectivity index (χ0v) is 9.73. The van der Waals surface area contributed by atoms with Gasteiger partial charge < -0.3 is 0 Å². The molecule has 0 aromatic heterocycles. The Bertz CT molecular complexity index is 415. The third-order valence-electron chi connectivity index (χ3n) is 3.35. The van der Waals surface area contributed by atoms with E-state index in [-0.39, 0.29) is 0 Å². The van der Waals surface area contributed by atoms with Crippen LogP contribution in [0.5, 0.6) is 0 Å². The van der Waals surface area contributed by atoms with E-state index in [2.05, 4.69) is 34.1 Å². The Kier molecular flexibility index (Phi) is 2.01. The summed E-state index contributed by atoms with van der Waals surface area (Å²) in [6.45, 7) is 0. The van der Waals surface area contributed by atoms with Crippen LogP contribution in [0.2, 0.25) is 0 Å². The van der Waals surface area contributed by atoms with Gasteiger partial charge in [0.1, 0.15) is 0 Å². The van der Waals surface area contributed by atoms with Gasteiger partial charge in [-0.15, -0.1) is 0 Å². The maximum atomic E-state index is 3.61. The number of hydrogen-bond acceptors (Lipinski definition) is 0. The molecule has 0 atom stereocenters. The van der Waals surface area contributed by atoms with Gasteiger partial charge in [-0.05, 0) is 54.0 Å². The van der Waals surface area contributed by atoms with Crippen LogP contribution in [0.25, 0.3) is 6.08 Å². The lowest BCUT2D eigenvalue weighted by Crippen LogP contribution is -2.06. The molecule has 0 N–H and O–H groups in total. The van der Waals surface area contributed by atoms with E-state index in [1.54, 1.807) is 16.7 Å². The van der Waals surface area contributed by atoms with Gasteiger partial charge in [-0.3, -0.25) is 0 Å². The zero-order chi connectivity index (χ0) is 9.54. The number of rotatable bonds is 0. The van der Waals surface area contributed by atoms with Crippen molar-refractivity contribution in [2.24, 2.45) is 0 Å². The van der Waals surface area contributed by atoms with Gasteiger partial charge >= 0.3 is 0 Å². The number of benzene rings is 1. The first-order valence-corrected chi connectivity index (χ1v) is 6.13. The van der Waals surface area contributed by atoms with Crippen molar-refractivity contribution < 1.29 is 0 Å². The minimum Gasteiger partial charge on any atom is -0.0582 e. The highest BCUT2D eigenvalue weighted by Crippen LogP contribution is 2.35. The van der Waals surface area contributed by atoms with Crippen molar-refractivity contribution in [3.63, 3.8) is 0 Å². The van der Waals surface area contributed by atoms with Gasteiger partial charge in [0.2, 0.25) is 0 Å². The summed E-state index contributed by atoms with van der Waals surface area (Å²) < 4.78 is 1.34. The van der Waals surface area contributed by atoms with E-state index in [1.807, 2.05) is 0 Å². The van der Waals surface area contributed by atoms with Gasteiger partial charge in [-0.1, -0.05) is 28.1 Å². The monoisotopic (exact) mass is 248 g/mol. The van der Waals surface area contributed by atoms with Gasteiger partial charge in [-0.25, -0.2) is 0 Å². The highest BCUT2D eigenvalue weighted by Gasteiger charge is 2.19. The molecule has 0 heterocycles. The highest BCUT2D eigenvalue weighted by molar-refractivity contribution is 9.11. The molecule has 0 bridgehead atoms. The Balaban J connectivity index is 2.15. The van der Waals surface area contributed by atoms with Gasteiger partial charge in [-0.2, -0.15) is 0 Å². The molecule has 3 rings (SSSR count). The van der Waals surface area contributed by atoms with Crippen molar-refractivity contribution in [1.82, 2.24) is 0 Å². The standard InChI is InChI=1S/C13H13Br/c14-11-7-10-6-5-9-3-1-2-4-12(9)13(10)8-11/h5-7H,1-4,8H2. The van der Waals surface area contributed by atoms with E-state index in [9.17, 15) is 0 Å². The molecule has 0 radical (unpaired) electrons. The smallest absolute Gasteiger partial charge is 0.00496 e. The van der Waals surface area contributed by atoms with Crippen molar-refractivity contribution >= 4 is 22.0 Å². The lowest BCUT2D eigenvalue weighted by Gasteiger charge is -2.19. The first-order chi connectivity index (χ1) is 6.84. The number of aryl methyl sites for hydroxylation is 1. The van der Waals surface area contributed by atoms with Gasteiger partial charge in [0, 0.05) is 10.9 Å². The third kappa shape index (κ3) is 1.26. The van der Waals surface area contributed by atoms with Gasteiger partial charge in [0.15, 0.2) is 0 Å². The predicted molar refractivity (Wildman–Crippen MR) is 63.7 cm³/mol. The van der Waals surface area contributed by atoms with Gasteiger partial charge in [0.05, 0.1) is 0 Å². The summed E-state index contributed by atoms with van der Waals surface area (Å²) >= 11 is 3.61. The van der Waals surface area contributed by atoms with Crippen LogP contribution in [0, 0.1) is 0 Å². The normalized spacial score (nSPS) is 18.8. The SMILES string of the molecule is BrC1=Cc2ccc3c(c2C1)CCCC3. The third-order valence-corrected chi connectivity index (χ3v) is 3.85. The van der Waals surface area contributed by atoms with Crippen molar-refractivity contribution in [2.75, 3.05) is 0 Å². The minimum absolute atomic E-state index is 1.12. The average molecular weight is 249 g/mol. The zero-order valence-electron chi connectivity index (χ0n) is 8.15. The molecule has 0 aliphatic heterocycles. The molecule has 0 nitrogen and oxygen atoms in total. The molecule has 2 aliphatic carbocycles. The summed E-state index contributed by atoms with van der Waals surface area (Å²) in [5.41, 5.74) is 6.29. The van der Waals surface area contributed by atoms with Crippen molar-refractivity contribution in [3.05, 3.63) is 38.9 Å². The molecule has 0 saturated carbocycles. The molecule has 0 fully saturated rings. The first kappa shape index (κ1) is 8.72. The van der Waals surface area contributed by atoms with E-state index < -0.39 is 0 Å². The molecular weight excluding hydrogens is 236 g/mol. The fraction of sp³-hybridized carbons (Fsp3) is 0.385. The second kappa shape index (κ2) is 3.23. The lowest BCUT2D eigenvalue weighted by atomic mass is 9.86. The Morgan fingerprint density at radius 1 is 1.00 bits per heavy atom. The van der Waals surface area contributed by atoms with Crippen LogP contribution in [0.1, 0.15) is 35.1 Å². The van der Waals surface area contributed by atoms with E-state index in [0.29, 0.717) is 0 Å².